The molecule has 1 N–H and O–H groups in total. The minimum atomic E-state index is -3.66. The second kappa shape index (κ2) is 8.00. The van der Waals surface area contributed by atoms with Gasteiger partial charge in [0.15, 0.2) is 0 Å². The van der Waals surface area contributed by atoms with Crippen molar-refractivity contribution in [3.8, 4) is 0 Å². The van der Waals surface area contributed by atoms with E-state index in [9.17, 15) is 13.2 Å². The summed E-state index contributed by atoms with van der Waals surface area (Å²) in [6, 6.07) is 16.2. The molecule has 1 aliphatic heterocycles. The molecule has 5 nitrogen and oxygen atoms in total. The summed E-state index contributed by atoms with van der Waals surface area (Å²) >= 11 is 1.43. The number of nitrogens with zero attached hydrogens (tertiary/aromatic N) is 1. The Morgan fingerprint density at radius 1 is 1.10 bits per heavy atom. The largest absolute Gasteiger partial charge is 0.333 e. The molecule has 7 heteroatoms. The summed E-state index contributed by atoms with van der Waals surface area (Å²) in [5, 5.41) is 1.89. The fourth-order valence-corrected chi connectivity index (χ4v) is 5.21. The molecule has 0 spiro atoms. The van der Waals surface area contributed by atoms with Crippen molar-refractivity contribution in [1.29, 1.82) is 0 Å². The van der Waals surface area contributed by atoms with Gasteiger partial charge in [0, 0.05) is 18.8 Å². The summed E-state index contributed by atoms with van der Waals surface area (Å²) in [6.07, 6.45) is 1.62. The number of hydrogen-bond donors (Lipinski definition) is 1. The Morgan fingerprint density at radius 3 is 2.59 bits per heavy atom. The van der Waals surface area contributed by atoms with E-state index in [0.717, 1.165) is 34.4 Å². The van der Waals surface area contributed by atoms with Gasteiger partial charge in [0.1, 0.15) is 0 Å². The third kappa shape index (κ3) is 4.21. The fraction of sp³-hybridized carbons (Fsp3) is 0.227. The van der Waals surface area contributed by atoms with Gasteiger partial charge >= 0.3 is 0 Å². The number of anilines is 1. The van der Waals surface area contributed by atoms with E-state index in [-0.39, 0.29) is 10.8 Å². The minimum absolute atomic E-state index is 0.0210. The molecule has 3 aromatic rings. The topological polar surface area (TPSA) is 66.5 Å². The van der Waals surface area contributed by atoms with E-state index in [2.05, 4.69) is 4.72 Å². The zero-order valence-electron chi connectivity index (χ0n) is 16.1. The summed E-state index contributed by atoms with van der Waals surface area (Å²) in [5.41, 5.74) is 3.72. The van der Waals surface area contributed by atoms with Crippen molar-refractivity contribution >= 4 is 33.0 Å². The number of aryl methyl sites for hydroxylation is 1. The van der Waals surface area contributed by atoms with Gasteiger partial charge in [-0.1, -0.05) is 31.2 Å². The SMILES string of the molecule is CCc1ccc(S(=O)(=O)Nc2ccc3c(c2)CN(C(=O)c2cccs2)CC3)cc1. The van der Waals surface area contributed by atoms with Crippen LogP contribution in [0, 0.1) is 0 Å². The van der Waals surface area contributed by atoms with Crippen molar-refractivity contribution in [2.45, 2.75) is 31.2 Å². The van der Waals surface area contributed by atoms with Crippen LogP contribution in [-0.4, -0.2) is 25.8 Å². The second-order valence-corrected chi connectivity index (χ2v) is 9.67. The van der Waals surface area contributed by atoms with E-state index >= 15 is 0 Å². The maximum atomic E-state index is 12.7. The summed E-state index contributed by atoms with van der Waals surface area (Å²) < 4.78 is 28.1. The third-order valence-corrected chi connectivity index (χ3v) is 7.39. The van der Waals surface area contributed by atoms with Crippen LogP contribution in [0.5, 0.6) is 0 Å². The Balaban J connectivity index is 1.53. The van der Waals surface area contributed by atoms with Crippen LogP contribution in [-0.2, 0) is 29.4 Å². The van der Waals surface area contributed by atoms with Crippen LogP contribution in [0.1, 0.15) is 33.3 Å². The van der Waals surface area contributed by atoms with Crippen LogP contribution in [0.4, 0.5) is 5.69 Å². The average Bonchev–Trinajstić information content (AvgIpc) is 3.27. The lowest BCUT2D eigenvalue weighted by Crippen LogP contribution is -2.35. The Kier molecular flexibility index (Phi) is 5.43. The summed E-state index contributed by atoms with van der Waals surface area (Å²) in [6.45, 7) is 3.17. The molecule has 1 aromatic heterocycles. The molecule has 150 valence electrons. The first-order chi connectivity index (χ1) is 14.0. The van der Waals surface area contributed by atoms with E-state index < -0.39 is 10.0 Å². The predicted octanol–water partition coefficient (Wildman–Crippen LogP) is 4.31. The van der Waals surface area contributed by atoms with Gasteiger partial charge in [-0.3, -0.25) is 9.52 Å². The molecule has 1 aliphatic rings. The molecule has 0 saturated heterocycles. The van der Waals surface area contributed by atoms with Crippen LogP contribution in [0.15, 0.2) is 64.9 Å². The predicted molar refractivity (Wildman–Crippen MR) is 116 cm³/mol. The third-order valence-electron chi connectivity index (χ3n) is 5.13. The van der Waals surface area contributed by atoms with Crippen LogP contribution in [0.25, 0.3) is 0 Å². The standard InChI is InChI=1S/C22H22N2O3S2/c1-2-16-5-9-20(10-6-16)29(26,27)23-19-8-7-17-11-12-24(15-18(17)14-19)22(25)21-4-3-13-28-21/h3-10,13-14,23H,2,11-12,15H2,1H3. The zero-order valence-corrected chi connectivity index (χ0v) is 17.7. The zero-order chi connectivity index (χ0) is 20.4. The van der Waals surface area contributed by atoms with Gasteiger partial charge in [-0.15, -0.1) is 11.3 Å². The first kappa shape index (κ1) is 19.7. The monoisotopic (exact) mass is 426 g/mol. The number of carbonyl (C=O) groups excluding carboxylic acids is 1. The highest BCUT2D eigenvalue weighted by molar-refractivity contribution is 7.92. The van der Waals surface area contributed by atoms with Gasteiger partial charge < -0.3 is 4.90 Å². The van der Waals surface area contributed by atoms with Gasteiger partial charge in [0.25, 0.3) is 15.9 Å². The van der Waals surface area contributed by atoms with Crippen molar-refractivity contribution in [1.82, 2.24) is 4.90 Å². The van der Waals surface area contributed by atoms with Crippen molar-refractivity contribution in [2.24, 2.45) is 0 Å². The van der Waals surface area contributed by atoms with E-state index in [4.69, 9.17) is 0 Å². The molecule has 29 heavy (non-hydrogen) atoms. The molecular formula is C22H22N2O3S2. The summed E-state index contributed by atoms with van der Waals surface area (Å²) in [7, 11) is -3.66. The molecular weight excluding hydrogens is 404 g/mol. The highest BCUT2D eigenvalue weighted by atomic mass is 32.2. The molecule has 0 aliphatic carbocycles. The minimum Gasteiger partial charge on any atom is -0.333 e. The number of rotatable bonds is 5. The molecule has 0 fully saturated rings. The Hall–Kier alpha value is -2.64. The van der Waals surface area contributed by atoms with Crippen molar-refractivity contribution in [3.05, 3.63) is 81.5 Å². The van der Waals surface area contributed by atoms with E-state index in [1.165, 1.54) is 11.3 Å². The molecule has 2 aromatic carbocycles. The van der Waals surface area contributed by atoms with Crippen LogP contribution >= 0.6 is 11.3 Å². The molecule has 1 amide bonds. The van der Waals surface area contributed by atoms with Gasteiger partial charge in [0.05, 0.1) is 9.77 Å². The van der Waals surface area contributed by atoms with E-state index in [1.807, 2.05) is 53.6 Å². The highest BCUT2D eigenvalue weighted by Crippen LogP contribution is 2.26. The molecule has 2 heterocycles. The lowest BCUT2D eigenvalue weighted by molar-refractivity contribution is 0.0739. The van der Waals surface area contributed by atoms with Gasteiger partial charge in [-0.05, 0) is 65.2 Å². The average molecular weight is 427 g/mol. The van der Waals surface area contributed by atoms with Crippen molar-refractivity contribution < 1.29 is 13.2 Å². The maximum absolute atomic E-state index is 12.7. The number of thiophene rings is 1. The lowest BCUT2D eigenvalue weighted by atomic mass is 9.99. The number of benzene rings is 2. The molecule has 0 radical (unpaired) electrons. The van der Waals surface area contributed by atoms with Gasteiger partial charge in [-0.2, -0.15) is 0 Å². The summed E-state index contributed by atoms with van der Waals surface area (Å²) in [5.74, 6) is 0.0210. The van der Waals surface area contributed by atoms with Crippen LogP contribution in [0.3, 0.4) is 0 Å². The van der Waals surface area contributed by atoms with Crippen molar-refractivity contribution in [2.75, 3.05) is 11.3 Å². The molecule has 0 saturated carbocycles. The van der Waals surface area contributed by atoms with Crippen LogP contribution < -0.4 is 4.72 Å². The molecule has 0 atom stereocenters. The molecule has 0 bridgehead atoms. The smallest absolute Gasteiger partial charge is 0.264 e. The normalized spacial score (nSPS) is 13.8. The number of carbonyl (C=O) groups is 1. The van der Waals surface area contributed by atoms with Crippen LogP contribution in [0.2, 0.25) is 0 Å². The van der Waals surface area contributed by atoms with E-state index in [0.29, 0.717) is 18.8 Å². The lowest BCUT2D eigenvalue weighted by Gasteiger charge is -2.29. The molecule has 4 rings (SSSR count). The second-order valence-electron chi connectivity index (χ2n) is 7.04. The Bertz CT molecular complexity index is 1120. The Labute approximate surface area is 175 Å². The maximum Gasteiger partial charge on any atom is 0.264 e. The Morgan fingerprint density at radius 2 is 1.90 bits per heavy atom. The highest BCUT2D eigenvalue weighted by Gasteiger charge is 2.23. The molecule has 0 unspecified atom stereocenters. The fourth-order valence-electron chi connectivity index (χ4n) is 3.47. The van der Waals surface area contributed by atoms with Crippen molar-refractivity contribution in [3.63, 3.8) is 0 Å². The number of sulfonamides is 1. The number of nitrogens with one attached hydrogen (secondary N) is 1. The number of hydrogen-bond acceptors (Lipinski definition) is 4. The number of fused-ring (bicyclic) bond motifs is 1. The summed E-state index contributed by atoms with van der Waals surface area (Å²) in [4.78, 5) is 15.4. The van der Waals surface area contributed by atoms with Gasteiger partial charge in [-0.25, -0.2) is 8.42 Å². The van der Waals surface area contributed by atoms with Gasteiger partial charge in [0.2, 0.25) is 0 Å². The first-order valence-corrected chi connectivity index (χ1v) is 11.9. The number of amides is 1. The first-order valence-electron chi connectivity index (χ1n) is 9.52. The van der Waals surface area contributed by atoms with E-state index in [1.54, 1.807) is 18.2 Å². The quantitative estimate of drug-likeness (QED) is 0.661.